The van der Waals surface area contributed by atoms with Gasteiger partial charge < -0.3 is 20.3 Å². The molecule has 0 aliphatic carbocycles. The zero-order valence-corrected chi connectivity index (χ0v) is 39.4. The Kier molecular flexibility index (Phi) is 45.6. The molecule has 1 amide bonds. The predicted octanol–water partition coefficient (Wildman–Crippen LogP) is 15.3. The van der Waals surface area contributed by atoms with Gasteiger partial charge in [0, 0.05) is 6.42 Å². The summed E-state index contributed by atoms with van der Waals surface area (Å²) in [6.45, 7) is 6.43. The molecule has 0 aromatic rings. The van der Waals surface area contributed by atoms with Gasteiger partial charge in [0.1, 0.15) is 6.10 Å². The molecule has 3 N–H and O–H groups in total. The van der Waals surface area contributed by atoms with Crippen molar-refractivity contribution in [2.75, 3.05) is 6.61 Å². The van der Waals surface area contributed by atoms with Crippen molar-refractivity contribution in [3.05, 3.63) is 36.5 Å². The number of rotatable bonds is 46. The highest BCUT2D eigenvalue weighted by Gasteiger charge is 2.23. The van der Waals surface area contributed by atoms with Gasteiger partial charge in [0.2, 0.25) is 5.91 Å². The van der Waals surface area contributed by atoms with Crippen LogP contribution in [-0.2, 0) is 14.3 Å². The fourth-order valence-corrected chi connectivity index (χ4v) is 7.74. The SMILES string of the molecule is CCCCC/C=C\CCCCCCCC(=O)OC(/C=C/C/C=C\CCCCCCCC)CC(=O)NC(CO)C(O)CCCCCCCCCCCCCCCCCCC. The average molecular weight is 830 g/mol. The van der Waals surface area contributed by atoms with E-state index < -0.39 is 18.2 Å². The minimum Gasteiger partial charge on any atom is -0.458 e. The lowest BCUT2D eigenvalue weighted by molar-refractivity contribution is -0.148. The maximum Gasteiger partial charge on any atom is 0.306 e. The Morgan fingerprint density at radius 2 is 0.898 bits per heavy atom. The van der Waals surface area contributed by atoms with Gasteiger partial charge in [-0.25, -0.2) is 0 Å². The van der Waals surface area contributed by atoms with Crippen molar-refractivity contribution < 1.29 is 24.5 Å². The van der Waals surface area contributed by atoms with Crippen LogP contribution in [-0.4, -0.2) is 46.9 Å². The zero-order chi connectivity index (χ0) is 43.1. The number of carbonyl (C=O) groups excluding carboxylic acids is 2. The first kappa shape index (κ1) is 57.1. The Bertz CT molecular complexity index is 977. The highest BCUT2D eigenvalue weighted by Crippen LogP contribution is 2.16. The van der Waals surface area contributed by atoms with Crippen molar-refractivity contribution in [3.8, 4) is 0 Å². The van der Waals surface area contributed by atoms with E-state index in [0.29, 0.717) is 12.8 Å². The Labute approximate surface area is 366 Å². The molecule has 346 valence electrons. The molecule has 0 rings (SSSR count). The summed E-state index contributed by atoms with van der Waals surface area (Å²) in [5.41, 5.74) is 0. The molecule has 0 aliphatic heterocycles. The number of hydrogen-bond donors (Lipinski definition) is 3. The number of allylic oxidation sites excluding steroid dienone is 5. The molecular formula is C53H99NO5. The maximum absolute atomic E-state index is 13.1. The smallest absolute Gasteiger partial charge is 0.306 e. The molecule has 59 heavy (non-hydrogen) atoms. The Morgan fingerprint density at radius 3 is 1.37 bits per heavy atom. The van der Waals surface area contributed by atoms with Gasteiger partial charge in [-0.05, 0) is 63.9 Å². The van der Waals surface area contributed by atoms with E-state index in [1.807, 2.05) is 12.2 Å². The monoisotopic (exact) mass is 830 g/mol. The first-order chi connectivity index (χ1) is 29.0. The molecular weight excluding hydrogens is 731 g/mol. The zero-order valence-electron chi connectivity index (χ0n) is 39.4. The Morgan fingerprint density at radius 1 is 0.508 bits per heavy atom. The molecule has 6 nitrogen and oxygen atoms in total. The molecule has 0 aromatic heterocycles. The van der Waals surface area contributed by atoms with Gasteiger partial charge in [-0.15, -0.1) is 0 Å². The first-order valence-corrected chi connectivity index (χ1v) is 25.7. The van der Waals surface area contributed by atoms with Crippen molar-refractivity contribution >= 4 is 11.9 Å². The number of aliphatic hydroxyl groups excluding tert-OH is 2. The second kappa shape index (κ2) is 47.1. The molecule has 0 aromatic carbocycles. The van der Waals surface area contributed by atoms with Gasteiger partial charge in [0.15, 0.2) is 0 Å². The van der Waals surface area contributed by atoms with Crippen LogP contribution in [0.5, 0.6) is 0 Å². The van der Waals surface area contributed by atoms with Gasteiger partial charge in [0.25, 0.3) is 0 Å². The van der Waals surface area contributed by atoms with Crippen molar-refractivity contribution in [3.63, 3.8) is 0 Å². The number of esters is 1. The first-order valence-electron chi connectivity index (χ1n) is 25.7. The number of nitrogens with one attached hydrogen (secondary N) is 1. The molecule has 3 unspecified atom stereocenters. The topological polar surface area (TPSA) is 95.9 Å². The Hall–Kier alpha value is -1.92. The molecule has 3 atom stereocenters. The summed E-state index contributed by atoms with van der Waals surface area (Å²) < 4.78 is 5.81. The van der Waals surface area contributed by atoms with Crippen molar-refractivity contribution in [2.45, 2.75) is 283 Å². The van der Waals surface area contributed by atoms with E-state index in [-0.39, 0.29) is 24.9 Å². The fraction of sp³-hybridized carbons (Fsp3) is 0.849. The number of hydrogen-bond acceptors (Lipinski definition) is 5. The predicted molar refractivity (Wildman–Crippen MR) is 255 cm³/mol. The summed E-state index contributed by atoms with van der Waals surface area (Å²) in [7, 11) is 0. The summed E-state index contributed by atoms with van der Waals surface area (Å²) in [5.74, 6) is -0.607. The summed E-state index contributed by atoms with van der Waals surface area (Å²) in [6.07, 6.45) is 55.2. The Balaban J connectivity index is 4.54. The van der Waals surface area contributed by atoms with Crippen LogP contribution in [0, 0.1) is 0 Å². The fourth-order valence-electron chi connectivity index (χ4n) is 7.74. The van der Waals surface area contributed by atoms with Crippen LogP contribution in [0.1, 0.15) is 265 Å². The van der Waals surface area contributed by atoms with Gasteiger partial charge in [-0.2, -0.15) is 0 Å². The van der Waals surface area contributed by atoms with Crippen LogP contribution in [0.15, 0.2) is 36.5 Å². The van der Waals surface area contributed by atoms with E-state index in [0.717, 1.165) is 57.8 Å². The van der Waals surface area contributed by atoms with Crippen molar-refractivity contribution in [1.29, 1.82) is 0 Å². The van der Waals surface area contributed by atoms with Crippen LogP contribution in [0.25, 0.3) is 0 Å². The van der Waals surface area contributed by atoms with Crippen LogP contribution in [0.2, 0.25) is 0 Å². The van der Waals surface area contributed by atoms with Crippen molar-refractivity contribution in [2.24, 2.45) is 0 Å². The highest BCUT2D eigenvalue weighted by atomic mass is 16.5. The third-order valence-electron chi connectivity index (χ3n) is 11.7. The summed E-state index contributed by atoms with van der Waals surface area (Å²) in [6, 6.07) is -0.731. The molecule has 0 heterocycles. The number of ether oxygens (including phenoxy) is 1. The number of carbonyl (C=O) groups is 2. The molecule has 0 fully saturated rings. The van der Waals surface area contributed by atoms with Crippen LogP contribution in [0.4, 0.5) is 0 Å². The lowest BCUT2D eigenvalue weighted by atomic mass is 10.0. The molecule has 0 radical (unpaired) electrons. The van der Waals surface area contributed by atoms with Crippen molar-refractivity contribution in [1.82, 2.24) is 5.32 Å². The lowest BCUT2D eigenvalue weighted by Crippen LogP contribution is -2.46. The molecule has 0 spiro atoms. The lowest BCUT2D eigenvalue weighted by Gasteiger charge is -2.23. The summed E-state index contributed by atoms with van der Waals surface area (Å²) in [5, 5.41) is 23.7. The average Bonchev–Trinajstić information content (AvgIpc) is 3.23. The highest BCUT2D eigenvalue weighted by molar-refractivity contribution is 5.78. The number of amides is 1. The van der Waals surface area contributed by atoms with E-state index >= 15 is 0 Å². The quantitative estimate of drug-likeness (QED) is 0.0323. The molecule has 6 heteroatoms. The standard InChI is InChI=1S/C53H99NO5/c1-4-7-10-13-16-19-22-24-25-26-27-28-30-33-36-39-42-45-51(56)50(48-55)54-52(57)47-49(44-41-38-35-32-29-21-18-15-12-9-6-3)59-53(58)46-43-40-37-34-31-23-20-17-14-11-8-5-2/h17,20,32,35,41,44,49-51,55-56H,4-16,18-19,21-31,33-34,36-40,42-43,45-48H2,1-3H3,(H,54,57)/b20-17-,35-32-,44-41+. The molecule has 0 saturated carbocycles. The third-order valence-corrected chi connectivity index (χ3v) is 11.7. The minimum atomic E-state index is -0.810. The second-order valence-electron chi connectivity index (χ2n) is 17.6. The number of unbranched alkanes of at least 4 members (excludes halogenated alkanes) is 30. The summed E-state index contributed by atoms with van der Waals surface area (Å²) >= 11 is 0. The normalized spacial score (nSPS) is 13.5. The van der Waals surface area contributed by atoms with Gasteiger partial charge in [0.05, 0.1) is 25.2 Å². The molecule has 0 saturated heterocycles. The molecule has 0 aliphatic rings. The van der Waals surface area contributed by atoms with E-state index in [1.165, 1.54) is 167 Å². The van der Waals surface area contributed by atoms with E-state index in [4.69, 9.17) is 4.74 Å². The van der Waals surface area contributed by atoms with Gasteiger partial charge in [-0.3, -0.25) is 9.59 Å². The molecule has 0 bridgehead atoms. The number of aliphatic hydroxyl groups is 2. The second-order valence-corrected chi connectivity index (χ2v) is 17.6. The van der Waals surface area contributed by atoms with E-state index in [2.05, 4.69) is 50.4 Å². The summed E-state index contributed by atoms with van der Waals surface area (Å²) in [4.78, 5) is 26.0. The van der Waals surface area contributed by atoms with Crippen LogP contribution < -0.4 is 5.32 Å². The van der Waals surface area contributed by atoms with E-state index in [9.17, 15) is 19.8 Å². The van der Waals surface area contributed by atoms with Crippen LogP contribution >= 0.6 is 0 Å². The van der Waals surface area contributed by atoms with Gasteiger partial charge >= 0.3 is 5.97 Å². The van der Waals surface area contributed by atoms with Crippen LogP contribution in [0.3, 0.4) is 0 Å². The van der Waals surface area contributed by atoms with Gasteiger partial charge in [-0.1, -0.05) is 225 Å². The largest absolute Gasteiger partial charge is 0.458 e. The minimum absolute atomic E-state index is 0.0297. The van der Waals surface area contributed by atoms with E-state index in [1.54, 1.807) is 0 Å². The third kappa shape index (κ3) is 42.6. The maximum atomic E-state index is 13.1.